The molecule has 1 rings (SSSR count). The third-order valence-electron chi connectivity index (χ3n) is 2.08. The second kappa shape index (κ2) is 5.15. The molecule has 0 aliphatic rings. The first-order chi connectivity index (χ1) is 6.50. The highest BCUT2D eigenvalue weighted by Crippen LogP contribution is 2.28. The van der Waals surface area contributed by atoms with Gasteiger partial charge in [-0.05, 0) is 36.1 Å². The Morgan fingerprint density at radius 2 is 2.07 bits per heavy atom. The summed E-state index contributed by atoms with van der Waals surface area (Å²) in [7, 11) is 0. The summed E-state index contributed by atoms with van der Waals surface area (Å²) in [5.74, 6) is 0.583. The monoisotopic (exact) mass is 275 g/mol. The Kier molecular flexibility index (Phi) is 4.42. The van der Waals surface area contributed by atoms with Crippen molar-refractivity contribution in [2.75, 3.05) is 0 Å². The first kappa shape index (κ1) is 12.0. The molecule has 0 bridgehead atoms. The van der Waals surface area contributed by atoms with Gasteiger partial charge in [0.1, 0.15) is 0 Å². The molecule has 1 nitrogen and oxygen atoms in total. The maximum atomic E-state index is 6.07. The molecule has 0 heterocycles. The number of rotatable bonds is 3. The molecule has 2 N–H and O–H groups in total. The van der Waals surface area contributed by atoms with E-state index in [2.05, 4.69) is 29.8 Å². The Morgan fingerprint density at radius 1 is 1.43 bits per heavy atom. The lowest BCUT2D eigenvalue weighted by atomic mass is 9.98. The SMILES string of the molecule is CC(C)C[C@@H](N)c1cc(Br)ccc1Cl. The Balaban J connectivity index is 2.88. The largest absolute Gasteiger partial charge is 0.324 e. The predicted molar refractivity (Wildman–Crippen MR) is 65.5 cm³/mol. The third-order valence-corrected chi connectivity index (χ3v) is 2.92. The zero-order valence-corrected chi connectivity index (χ0v) is 10.8. The van der Waals surface area contributed by atoms with Crippen LogP contribution in [0.5, 0.6) is 0 Å². The summed E-state index contributed by atoms with van der Waals surface area (Å²) in [6, 6.07) is 5.82. The van der Waals surface area contributed by atoms with Crippen LogP contribution in [-0.4, -0.2) is 0 Å². The molecule has 0 spiro atoms. The average Bonchev–Trinajstić information content (AvgIpc) is 2.08. The van der Waals surface area contributed by atoms with E-state index in [1.165, 1.54) is 0 Å². The van der Waals surface area contributed by atoms with Crippen molar-refractivity contribution in [3.05, 3.63) is 33.3 Å². The molecule has 0 aliphatic heterocycles. The van der Waals surface area contributed by atoms with Crippen molar-refractivity contribution in [2.24, 2.45) is 11.7 Å². The quantitative estimate of drug-likeness (QED) is 0.882. The predicted octanol–water partition coefficient (Wildman–Crippen LogP) is 4.15. The molecule has 0 aromatic heterocycles. The number of nitrogens with two attached hydrogens (primary N) is 1. The van der Waals surface area contributed by atoms with E-state index in [4.69, 9.17) is 17.3 Å². The summed E-state index contributed by atoms with van der Waals surface area (Å²) in [6.07, 6.45) is 0.955. The van der Waals surface area contributed by atoms with E-state index in [-0.39, 0.29) is 6.04 Å². The number of hydrogen-bond acceptors (Lipinski definition) is 1. The first-order valence-corrected chi connectivity index (χ1v) is 5.88. The van der Waals surface area contributed by atoms with Crippen LogP contribution in [-0.2, 0) is 0 Å². The first-order valence-electron chi connectivity index (χ1n) is 4.71. The molecule has 1 atom stereocenters. The zero-order chi connectivity index (χ0) is 10.7. The number of halogens is 2. The minimum absolute atomic E-state index is 0.0278. The van der Waals surface area contributed by atoms with Crippen LogP contribution in [0.4, 0.5) is 0 Å². The molecule has 78 valence electrons. The van der Waals surface area contributed by atoms with Crippen LogP contribution in [0.15, 0.2) is 22.7 Å². The van der Waals surface area contributed by atoms with Crippen LogP contribution >= 0.6 is 27.5 Å². The van der Waals surface area contributed by atoms with Crippen molar-refractivity contribution < 1.29 is 0 Å². The van der Waals surface area contributed by atoms with Crippen molar-refractivity contribution in [2.45, 2.75) is 26.3 Å². The molecule has 1 aromatic carbocycles. The smallest absolute Gasteiger partial charge is 0.0454 e. The number of benzene rings is 1. The van der Waals surface area contributed by atoms with E-state index >= 15 is 0 Å². The fraction of sp³-hybridized carbons (Fsp3) is 0.455. The Hall–Kier alpha value is -0.0500. The molecule has 0 fully saturated rings. The van der Waals surface area contributed by atoms with Crippen molar-refractivity contribution in [1.82, 2.24) is 0 Å². The van der Waals surface area contributed by atoms with Crippen LogP contribution in [0.2, 0.25) is 5.02 Å². The van der Waals surface area contributed by atoms with E-state index in [9.17, 15) is 0 Å². The van der Waals surface area contributed by atoms with E-state index in [1.54, 1.807) is 0 Å². The maximum Gasteiger partial charge on any atom is 0.0454 e. The van der Waals surface area contributed by atoms with Gasteiger partial charge in [0.25, 0.3) is 0 Å². The van der Waals surface area contributed by atoms with Gasteiger partial charge in [-0.15, -0.1) is 0 Å². The molecule has 0 aliphatic carbocycles. The van der Waals surface area contributed by atoms with Crippen molar-refractivity contribution in [3.8, 4) is 0 Å². The third kappa shape index (κ3) is 3.26. The molecule has 0 saturated heterocycles. The van der Waals surface area contributed by atoms with E-state index < -0.39 is 0 Å². The average molecular weight is 277 g/mol. The van der Waals surface area contributed by atoms with Crippen LogP contribution in [0, 0.1) is 5.92 Å². The van der Waals surface area contributed by atoms with Gasteiger partial charge < -0.3 is 5.73 Å². The second-order valence-corrected chi connectivity index (χ2v) is 5.22. The molecule has 0 amide bonds. The lowest BCUT2D eigenvalue weighted by Crippen LogP contribution is -2.13. The lowest BCUT2D eigenvalue weighted by molar-refractivity contribution is 0.510. The van der Waals surface area contributed by atoms with Gasteiger partial charge in [-0.25, -0.2) is 0 Å². The maximum absolute atomic E-state index is 6.07. The van der Waals surface area contributed by atoms with Gasteiger partial charge in [-0.3, -0.25) is 0 Å². The van der Waals surface area contributed by atoms with E-state index in [1.807, 2.05) is 18.2 Å². The van der Waals surface area contributed by atoms with Gasteiger partial charge in [0.15, 0.2) is 0 Å². The molecule has 14 heavy (non-hydrogen) atoms. The summed E-state index contributed by atoms with van der Waals surface area (Å²) in [6.45, 7) is 4.32. The van der Waals surface area contributed by atoms with Crippen molar-refractivity contribution >= 4 is 27.5 Å². The number of hydrogen-bond donors (Lipinski definition) is 1. The molecule has 3 heteroatoms. The topological polar surface area (TPSA) is 26.0 Å². The molecule has 0 unspecified atom stereocenters. The summed E-state index contributed by atoms with van der Waals surface area (Å²) >= 11 is 9.49. The molecule has 0 saturated carbocycles. The van der Waals surface area contributed by atoms with Crippen molar-refractivity contribution in [1.29, 1.82) is 0 Å². The Bertz CT molecular complexity index is 312. The summed E-state index contributed by atoms with van der Waals surface area (Å²) < 4.78 is 1.02. The van der Waals surface area contributed by atoms with Gasteiger partial charge >= 0.3 is 0 Å². The van der Waals surface area contributed by atoms with E-state index in [0.717, 1.165) is 21.5 Å². The highest BCUT2D eigenvalue weighted by atomic mass is 79.9. The van der Waals surface area contributed by atoms with E-state index in [0.29, 0.717) is 5.92 Å². The van der Waals surface area contributed by atoms with Crippen LogP contribution < -0.4 is 5.73 Å². The molecule has 1 aromatic rings. The molecular formula is C11H15BrClN. The van der Waals surface area contributed by atoms with Crippen LogP contribution in [0.1, 0.15) is 31.9 Å². The fourth-order valence-corrected chi connectivity index (χ4v) is 2.07. The normalized spacial score (nSPS) is 13.3. The van der Waals surface area contributed by atoms with Crippen LogP contribution in [0.25, 0.3) is 0 Å². The van der Waals surface area contributed by atoms with Gasteiger partial charge in [0.2, 0.25) is 0 Å². The second-order valence-electron chi connectivity index (χ2n) is 3.90. The van der Waals surface area contributed by atoms with Gasteiger partial charge in [-0.2, -0.15) is 0 Å². The standard InChI is InChI=1S/C11H15BrClN/c1-7(2)5-11(14)9-6-8(12)3-4-10(9)13/h3-4,6-7,11H,5,14H2,1-2H3/t11-/m1/s1. The van der Waals surface area contributed by atoms with Gasteiger partial charge in [-0.1, -0.05) is 41.4 Å². The van der Waals surface area contributed by atoms with Gasteiger partial charge in [0, 0.05) is 15.5 Å². The highest BCUT2D eigenvalue weighted by Gasteiger charge is 2.11. The Morgan fingerprint density at radius 3 is 2.64 bits per heavy atom. The lowest BCUT2D eigenvalue weighted by Gasteiger charge is -2.16. The van der Waals surface area contributed by atoms with Gasteiger partial charge in [0.05, 0.1) is 0 Å². The Labute approximate surface area is 98.8 Å². The summed E-state index contributed by atoms with van der Waals surface area (Å²) in [5.41, 5.74) is 7.08. The molecular weight excluding hydrogens is 261 g/mol. The van der Waals surface area contributed by atoms with Crippen LogP contribution in [0.3, 0.4) is 0 Å². The minimum atomic E-state index is 0.0278. The minimum Gasteiger partial charge on any atom is -0.324 e. The summed E-state index contributed by atoms with van der Waals surface area (Å²) in [4.78, 5) is 0. The molecule has 0 radical (unpaired) electrons. The fourth-order valence-electron chi connectivity index (χ4n) is 1.43. The van der Waals surface area contributed by atoms with Crippen molar-refractivity contribution in [3.63, 3.8) is 0 Å². The zero-order valence-electron chi connectivity index (χ0n) is 8.43. The summed E-state index contributed by atoms with van der Waals surface area (Å²) in [5, 5.41) is 0.751. The highest BCUT2D eigenvalue weighted by molar-refractivity contribution is 9.10.